The van der Waals surface area contributed by atoms with Crippen molar-refractivity contribution in [2.45, 2.75) is 38.8 Å². The minimum absolute atomic E-state index is 0.151. The molecule has 0 aliphatic heterocycles. The van der Waals surface area contributed by atoms with Crippen molar-refractivity contribution in [3.63, 3.8) is 0 Å². The van der Waals surface area contributed by atoms with E-state index in [1.54, 1.807) is 12.3 Å². The molecule has 1 aliphatic rings. The number of hydrogen-bond acceptors (Lipinski definition) is 5. The first-order valence-electron chi connectivity index (χ1n) is 6.96. The van der Waals surface area contributed by atoms with Gasteiger partial charge in [0.05, 0.1) is 11.3 Å². The molecule has 1 unspecified atom stereocenters. The third-order valence-corrected chi connectivity index (χ3v) is 3.82. The van der Waals surface area contributed by atoms with Crippen LogP contribution in [0.25, 0.3) is 0 Å². The molecule has 1 atom stereocenters. The smallest absolute Gasteiger partial charge is 0.255 e. The quantitative estimate of drug-likeness (QED) is 0.531. The van der Waals surface area contributed by atoms with E-state index in [1.165, 1.54) is 12.8 Å². The molecule has 1 heterocycles. The Bertz CT molecular complexity index is 486. The van der Waals surface area contributed by atoms with E-state index < -0.39 is 0 Å². The number of nitrogens with zero attached hydrogens (tertiary/aromatic N) is 2. The van der Waals surface area contributed by atoms with E-state index in [1.807, 2.05) is 6.92 Å². The normalized spacial score (nSPS) is 16.1. The predicted octanol–water partition coefficient (Wildman–Crippen LogP) is 0.888. The van der Waals surface area contributed by atoms with Crippen LogP contribution in [0, 0.1) is 6.92 Å². The van der Waals surface area contributed by atoms with E-state index in [0.717, 1.165) is 5.69 Å². The average Bonchev–Trinajstić information content (AvgIpc) is 3.27. The van der Waals surface area contributed by atoms with Crippen molar-refractivity contribution in [3.05, 3.63) is 23.5 Å². The number of carbonyl (C=O) groups is 1. The third kappa shape index (κ3) is 3.46. The van der Waals surface area contributed by atoms with Gasteiger partial charge in [-0.25, -0.2) is 0 Å². The number of carbonyl (C=O) groups excluding carboxylic acids is 1. The van der Waals surface area contributed by atoms with Crippen LogP contribution in [0.4, 0.5) is 5.69 Å². The number of hydrazine groups is 1. The third-order valence-electron chi connectivity index (χ3n) is 3.82. The maximum atomic E-state index is 12.2. The van der Waals surface area contributed by atoms with Gasteiger partial charge in [-0.05, 0) is 39.8 Å². The predicted molar refractivity (Wildman–Crippen MR) is 79.4 cm³/mol. The molecule has 0 spiro atoms. The molecule has 0 aromatic carbocycles. The molecule has 6 heteroatoms. The van der Waals surface area contributed by atoms with Crippen LogP contribution in [0.5, 0.6) is 0 Å². The Morgan fingerprint density at radius 3 is 2.90 bits per heavy atom. The average molecular weight is 277 g/mol. The van der Waals surface area contributed by atoms with Crippen LogP contribution in [0.15, 0.2) is 12.3 Å². The van der Waals surface area contributed by atoms with Gasteiger partial charge in [0, 0.05) is 30.5 Å². The van der Waals surface area contributed by atoms with Crippen molar-refractivity contribution in [2.24, 2.45) is 5.84 Å². The van der Waals surface area contributed by atoms with Crippen molar-refractivity contribution in [1.82, 2.24) is 15.2 Å². The van der Waals surface area contributed by atoms with Gasteiger partial charge in [-0.2, -0.15) is 0 Å². The zero-order valence-electron chi connectivity index (χ0n) is 12.3. The van der Waals surface area contributed by atoms with Gasteiger partial charge in [-0.1, -0.05) is 0 Å². The minimum Gasteiger partial charge on any atom is -0.350 e. The topological polar surface area (TPSA) is 83.3 Å². The van der Waals surface area contributed by atoms with Gasteiger partial charge in [0.1, 0.15) is 0 Å². The van der Waals surface area contributed by atoms with E-state index in [2.05, 4.69) is 34.6 Å². The number of likely N-dealkylation sites (N-methyl/N-ethyl adjacent to an activating group) is 1. The molecule has 1 fully saturated rings. The molecular weight excluding hydrogens is 254 g/mol. The molecule has 2 rings (SSSR count). The number of nitrogens with two attached hydrogens (primary N) is 1. The molecule has 20 heavy (non-hydrogen) atoms. The summed E-state index contributed by atoms with van der Waals surface area (Å²) in [5, 5.41) is 2.94. The highest BCUT2D eigenvalue weighted by atomic mass is 16.1. The lowest BCUT2D eigenvalue weighted by Gasteiger charge is -2.24. The van der Waals surface area contributed by atoms with Crippen LogP contribution >= 0.6 is 0 Å². The van der Waals surface area contributed by atoms with Gasteiger partial charge in [0.2, 0.25) is 0 Å². The number of nitrogen functional groups attached to an aromatic ring is 1. The molecule has 1 aromatic heterocycles. The van der Waals surface area contributed by atoms with Gasteiger partial charge in [-0.15, -0.1) is 0 Å². The summed E-state index contributed by atoms with van der Waals surface area (Å²) in [5.74, 6) is 5.29. The van der Waals surface area contributed by atoms with Crippen LogP contribution in [-0.4, -0.2) is 41.5 Å². The monoisotopic (exact) mass is 277 g/mol. The van der Waals surface area contributed by atoms with Crippen molar-refractivity contribution in [2.75, 3.05) is 19.0 Å². The maximum Gasteiger partial charge on any atom is 0.255 e. The molecule has 0 bridgehead atoms. The van der Waals surface area contributed by atoms with Crippen LogP contribution in [0.2, 0.25) is 0 Å². The molecule has 0 saturated heterocycles. The van der Waals surface area contributed by atoms with E-state index in [9.17, 15) is 4.79 Å². The second-order valence-electron chi connectivity index (χ2n) is 5.47. The fourth-order valence-corrected chi connectivity index (χ4v) is 2.18. The van der Waals surface area contributed by atoms with E-state index >= 15 is 0 Å². The Hall–Kier alpha value is -1.66. The zero-order valence-corrected chi connectivity index (χ0v) is 12.3. The van der Waals surface area contributed by atoms with Gasteiger partial charge in [0.15, 0.2) is 0 Å². The summed E-state index contributed by atoms with van der Waals surface area (Å²) in [7, 11) is 2.11. The summed E-state index contributed by atoms with van der Waals surface area (Å²) in [5.41, 5.74) is 4.43. The lowest BCUT2D eigenvalue weighted by Crippen LogP contribution is -2.41. The Morgan fingerprint density at radius 2 is 2.30 bits per heavy atom. The number of amides is 1. The number of nitrogens with one attached hydrogen (secondary N) is 2. The number of aryl methyl sites for hydroxylation is 1. The number of rotatable bonds is 6. The lowest BCUT2D eigenvalue weighted by molar-refractivity contribution is 0.0940. The minimum atomic E-state index is -0.151. The van der Waals surface area contributed by atoms with Gasteiger partial charge in [-0.3, -0.25) is 20.5 Å². The SMILES string of the molecule is Cc1cc(NN)c(C(=O)NCC(C)N(C)C2CC2)cn1. The molecule has 6 nitrogen and oxygen atoms in total. The summed E-state index contributed by atoms with van der Waals surface area (Å²) in [6, 6.07) is 2.76. The highest BCUT2D eigenvalue weighted by Gasteiger charge is 2.29. The lowest BCUT2D eigenvalue weighted by atomic mass is 10.2. The molecule has 1 amide bonds. The summed E-state index contributed by atoms with van der Waals surface area (Å²) >= 11 is 0. The summed E-state index contributed by atoms with van der Waals surface area (Å²) in [6.07, 6.45) is 4.07. The zero-order chi connectivity index (χ0) is 14.7. The molecule has 1 saturated carbocycles. The summed E-state index contributed by atoms with van der Waals surface area (Å²) in [6.45, 7) is 4.59. The first-order valence-corrected chi connectivity index (χ1v) is 6.96. The van der Waals surface area contributed by atoms with Gasteiger partial charge >= 0.3 is 0 Å². The summed E-state index contributed by atoms with van der Waals surface area (Å²) < 4.78 is 0. The first-order chi connectivity index (χ1) is 9.52. The molecule has 1 aromatic rings. The number of anilines is 1. The van der Waals surface area contributed by atoms with Gasteiger partial charge < -0.3 is 10.7 Å². The standard InChI is InChI=1S/C14H23N5O/c1-9-6-13(18-15)12(8-16-9)14(20)17-7-10(2)19(3)11-4-5-11/h6,8,10-11H,4-5,7,15H2,1-3H3,(H,16,18)(H,17,20). The van der Waals surface area contributed by atoms with E-state index in [4.69, 9.17) is 5.84 Å². The fourth-order valence-electron chi connectivity index (χ4n) is 2.18. The molecule has 110 valence electrons. The van der Waals surface area contributed by atoms with Gasteiger partial charge in [0.25, 0.3) is 5.91 Å². The Labute approximate surface area is 119 Å². The van der Waals surface area contributed by atoms with Crippen LogP contribution < -0.4 is 16.6 Å². The molecular formula is C14H23N5O. The summed E-state index contributed by atoms with van der Waals surface area (Å²) in [4.78, 5) is 18.6. The molecule has 0 radical (unpaired) electrons. The number of hydrogen-bond donors (Lipinski definition) is 3. The van der Waals surface area contributed by atoms with Crippen molar-refractivity contribution in [1.29, 1.82) is 0 Å². The largest absolute Gasteiger partial charge is 0.350 e. The maximum absolute atomic E-state index is 12.2. The highest BCUT2D eigenvalue weighted by Crippen LogP contribution is 2.26. The van der Waals surface area contributed by atoms with Crippen molar-refractivity contribution in [3.8, 4) is 0 Å². The van der Waals surface area contributed by atoms with Crippen molar-refractivity contribution >= 4 is 11.6 Å². The Morgan fingerprint density at radius 1 is 1.60 bits per heavy atom. The Kier molecular flexibility index (Phi) is 4.57. The van der Waals surface area contributed by atoms with Crippen molar-refractivity contribution < 1.29 is 4.79 Å². The molecule has 4 N–H and O–H groups in total. The number of aromatic nitrogens is 1. The van der Waals surface area contributed by atoms with Crippen LogP contribution in [0.3, 0.4) is 0 Å². The molecule has 1 aliphatic carbocycles. The second kappa shape index (κ2) is 6.19. The number of pyridine rings is 1. The fraction of sp³-hybridized carbons (Fsp3) is 0.571. The van der Waals surface area contributed by atoms with Crippen LogP contribution in [-0.2, 0) is 0 Å². The first kappa shape index (κ1) is 14.7. The Balaban J connectivity index is 1.94. The second-order valence-corrected chi connectivity index (χ2v) is 5.47. The van der Waals surface area contributed by atoms with E-state index in [0.29, 0.717) is 29.9 Å². The highest BCUT2D eigenvalue weighted by molar-refractivity contribution is 5.99. The van der Waals surface area contributed by atoms with Crippen LogP contribution in [0.1, 0.15) is 35.8 Å². The van der Waals surface area contributed by atoms with E-state index in [-0.39, 0.29) is 5.91 Å².